The third-order valence-electron chi connectivity index (χ3n) is 3.35. The first kappa shape index (κ1) is 17.9. The summed E-state index contributed by atoms with van der Waals surface area (Å²) in [4.78, 5) is 0. The van der Waals surface area contributed by atoms with Gasteiger partial charge >= 0.3 is 0 Å². The van der Waals surface area contributed by atoms with Gasteiger partial charge in [-0.3, -0.25) is 0 Å². The van der Waals surface area contributed by atoms with Crippen LogP contribution in [0, 0.1) is 22.7 Å². The molecule has 0 heterocycles. The number of rotatable bonds is 7. The van der Waals surface area contributed by atoms with E-state index in [9.17, 15) is 0 Å². The second-order valence-electron chi connectivity index (χ2n) is 5.06. The van der Waals surface area contributed by atoms with Crippen molar-refractivity contribution < 1.29 is 14.2 Å². The lowest BCUT2D eigenvalue weighted by atomic mass is 10.1. The molecule has 2 aromatic rings. The Morgan fingerprint density at radius 2 is 1.84 bits per heavy atom. The normalized spacial score (nSPS) is 9.44. The molecule has 0 radical (unpaired) electrons. The van der Waals surface area contributed by atoms with Crippen LogP contribution in [0.2, 0.25) is 0 Å². The van der Waals surface area contributed by atoms with Gasteiger partial charge < -0.3 is 14.2 Å². The molecule has 126 valence electrons. The molecule has 5 nitrogen and oxygen atoms in total. The molecule has 0 fully saturated rings. The largest absolute Gasteiger partial charge is 0.497 e. The minimum Gasteiger partial charge on any atom is -0.497 e. The molecular formula is C20H18N2O3. The van der Waals surface area contributed by atoms with Gasteiger partial charge in [-0.25, -0.2) is 0 Å². The van der Waals surface area contributed by atoms with Crippen molar-refractivity contribution in [3.63, 3.8) is 0 Å². The lowest BCUT2D eigenvalue weighted by Gasteiger charge is -2.13. The number of hydrogen-bond donors (Lipinski definition) is 0. The van der Waals surface area contributed by atoms with Crippen LogP contribution >= 0.6 is 0 Å². The Morgan fingerprint density at radius 1 is 1.04 bits per heavy atom. The van der Waals surface area contributed by atoms with Crippen LogP contribution in [-0.4, -0.2) is 13.7 Å². The van der Waals surface area contributed by atoms with Gasteiger partial charge in [-0.05, 0) is 48.4 Å². The minimum atomic E-state index is 0.0347. The topological polar surface area (TPSA) is 75.3 Å². The Morgan fingerprint density at radius 3 is 2.52 bits per heavy atom. The molecule has 0 unspecified atom stereocenters. The minimum absolute atomic E-state index is 0.0347. The molecule has 0 aliphatic carbocycles. The van der Waals surface area contributed by atoms with Gasteiger partial charge in [0.2, 0.25) is 0 Å². The molecule has 0 spiro atoms. The number of allylic oxidation sites excluding steroid dienone is 1. The molecule has 5 heteroatoms. The van der Waals surface area contributed by atoms with E-state index in [4.69, 9.17) is 24.7 Å². The summed E-state index contributed by atoms with van der Waals surface area (Å²) in [5.41, 5.74) is 1.71. The van der Waals surface area contributed by atoms with E-state index in [1.165, 1.54) is 6.08 Å². The summed E-state index contributed by atoms with van der Waals surface area (Å²) >= 11 is 0. The molecule has 0 aliphatic rings. The van der Waals surface area contributed by atoms with Gasteiger partial charge in [0, 0.05) is 0 Å². The van der Waals surface area contributed by atoms with Crippen molar-refractivity contribution in [1.82, 2.24) is 0 Å². The molecule has 0 bridgehead atoms. The van der Waals surface area contributed by atoms with E-state index < -0.39 is 0 Å². The Bertz CT molecular complexity index is 829. The van der Waals surface area contributed by atoms with Crippen LogP contribution in [0.1, 0.15) is 18.1 Å². The van der Waals surface area contributed by atoms with Crippen LogP contribution in [0.15, 0.2) is 48.0 Å². The lowest BCUT2D eigenvalue weighted by Crippen LogP contribution is -2.00. The number of nitrogens with zero attached hydrogens (tertiary/aromatic N) is 2. The fourth-order valence-corrected chi connectivity index (χ4v) is 2.18. The van der Waals surface area contributed by atoms with Crippen LogP contribution in [0.4, 0.5) is 0 Å². The zero-order chi connectivity index (χ0) is 18.1. The molecule has 0 atom stereocenters. The first-order chi connectivity index (χ1) is 12.2. The Hall–Kier alpha value is -3.44. The standard InChI is InChI=1S/C20H18N2O3/c1-3-24-20-11-15(9-17(12-21)13-22)7-8-19(20)25-14-16-5-4-6-18(10-16)23-2/h4-11H,3,14H2,1-2H3. The summed E-state index contributed by atoms with van der Waals surface area (Å²) in [6.45, 7) is 2.73. The van der Waals surface area contributed by atoms with Crippen molar-refractivity contribution in [1.29, 1.82) is 10.5 Å². The number of ether oxygens (including phenoxy) is 3. The van der Waals surface area contributed by atoms with Crippen molar-refractivity contribution in [2.24, 2.45) is 0 Å². The summed E-state index contributed by atoms with van der Waals surface area (Å²) in [5, 5.41) is 17.7. The average molecular weight is 334 g/mol. The maximum absolute atomic E-state index is 8.86. The third-order valence-corrected chi connectivity index (χ3v) is 3.35. The predicted molar refractivity (Wildman–Crippen MR) is 94.1 cm³/mol. The maximum Gasteiger partial charge on any atom is 0.161 e. The Labute approximate surface area is 147 Å². The summed E-state index contributed by atoms with van der Waals surface area (Å²) in [6, 6.07) is 16.6. The lowest BCUT2D eigenvalue weighted by molar-refractivity contribution is 0.269. The van der Waals surface area contributed by atoms with Gasteiger partial charge in [0.25, 0.3) is 0 Å². The number of nitriles is 2. The first-order valence-corrected chi connectivity index (χ1v) is 7.74. The van der Waals surface area contributed by atoms with Gasteiger partial charge in [0.1, 0.15) is 30.1 Å². The molecule has 2 rings (SSSR count). The van der Waals surface area contributed by atoms with Crippen LogP contribution < -0.4 is 14.2 Å². The molecule has 0 aliphatic heterocycles. The SMILES string of the molecule is CCOc1cc(C=C(C#N)C#N)ccc1OCc1cccc(OC)c1. The smallest absolute Gasteiger partial charge is 0.161 e. The van der Waals surface area contributed by atoms with E-state index in [1.54, 1.807) is 25.3 Å². The van der Waals surface area contributed by atoms with Crippen molar-refractivity contribution in [3.05, 3.63) is 59.2 Å². The summed E-state index contributed by atoms with van der Waals surface area (Å²) in [6.07, 6.45) is 1.51. The van der Waals surface area contributed by atoms with Crippen molar-refractivity contribution in [3.8, 4) is 29.4 Å². The van der Waals surface area contributed by atoms with Gasteiger partial charge in [-0.15, -0.1) is 0 Å². The highest BCUT2D eigenvalue weighted by Gasteiger charge is 2.07. The van der Waals surface area contributed by atoms with E-state index in [-0.39, 0.29) is 5.57 Å². The predicted octanol–water partition coefficient (Wildman–Crippen LogP) is 4.10. The van der Waals surface area contributed by atoms with E-state index in [1.807, 2.05) is 43.3 Å². The zero-order valence-electron chi connectivity index (χ0n) is 14.2. The van der Waals surface area contributed by atoms with E-state index in [0.717, 1.165) is 11.3 Å². The Kier molecular flexibility index (Phi) is 6.45. The fraction of sp³-hybridized carbons (Fsp3) is 0.200. The first-order valence-electron chi connectivity index (χ1n) is 7.74. The number of benzene rings is 2. The van der Waals surface area contributed by atoms with Crippen LogP contribution in [0.5, 0.6) is 17.2 Å². The quantitative estimate of drug-likeness (QED) is 0.712. The van der Waals surface area contributed by atoms with E-state index >= 15 is 0 Å². The van der Waals surface area contributed by atoms with Crippen molar-refractivity contribution in [2.45, 2.75) is 13.5 Å². The number of hydrogen-bond acceptors (Lipinski definition) is 5. The van der Waals surface area contributed by atoms with E-state index in [2.05, 4.69) is 0 Å². The Balaban J connectivity index is 2.21. The second kappa shape index (κ2) is 9.00. The highest BCUT2D eigenvalue weighted by atomic mass is 16.5. The second-order valence-corrected chi connectivity index (χ2v) is 5.06. The summed E-state index contributed by atoms with van der Waals surface area (Å²) in [7, 11) is 1.62. The van der Waals surface area contributed by atoms with Crippen LogP contribution in [0.25, 0.3) is 6.08 Å². The highest BCUT2D eigenvalue weighted by molar-refractivity contribution is 5.64. The third kappa shape index (κ3) is 5.02. The van der Waals surface area contributed by atoms with E-state index in [0.29, 0.717) is 30.3 Å². The molecule has 0 saturated heterocycles. The molecule has 0 amide bonds. The summed E-state index contributed by atoms with van der Waals surface area (Å²) < 4.78 is 16.7. The molecule has 2 aromatic carbocycles. The molecule has 0 aromatic heterocycles. The zero-order valence-corrected chi connectivity index (χ0v) is 14.2. The van der Waals surface area contributed by atoms with Crippen molar-refractivity contribution >= 4 is 6.08 Å². The highest BCUT2D eigenvalue weighted by Crippen LogP contribution is 2.30. The van der Waals surface area contributed by atoms with Gasteiger partial charge in [0.15, 0.2) is 11.5 Å². The molecule has 0 saturated carbocycles. The monoisotopic (exact) mass is 334 g/mol. The van der Waals surface area contributed by atoms with Crippen LogP contribution in [-0.2, 0) is 6.61 Å². The maximum atomic E-state index is 8.86. The molecular weight excluding hydrogens is 316 g/mol. The van der Waals surface area contributed by atoms with Crippen molar-refractivity contribution in [2.75, 3.05) is 13.7 Å². The van der Waals surface area contributed by atoms with Gasteiger partial charge in [-0.1, -0.05) is 18.2 Å². The van der Waals surface area contributed by atoms with Crippen LogP contribution in [0.3, 0.4) is 0 Å². The number of methoxy groups -OCH3 is 1. The summed E-state index contributed by atoms with van der Waals surface area (Å²) in [5.74, 6) is 1.93. The average Bonchev–Trinajstić information content (AvgIpc) is 2.65. The fourth-order valence-electron chi connectivity index (χ4n) is 2.18. The van der Waals surface area contributed by atoms with Gasteiger partial charge in [-0.2, -0.15) is 10.5 Å². The molecule has 0 N–H and O–H groups in total. The van der Waals surface area contributed by atoms with Gasteiger partial charge in [0.05, 0.1) is 13.7 Å². The molecule has 25 heavy (non-hydrogen) atoms.